The van der Waals surface area contributed by atoms with Crippen molar-refractivity contribution in [3.63, 3.8) is 0 Å². The fraction of sp³-hybridized carbons (Fsp3) is 0.463. The van der Waals surface area contributed by atoms with Crippen LogP contribution in [-0.2, 0) is 19.1 Å². The van der Waals surface area contributed by atoms with Gasteiger partial charge in [-0.1, -0.05) is 58.0 Å². The Hall–Kier alpha value is -6.69. The summed E-state index contributed by atoms with van der Waals surface area (Å²) in [6.45, 7) is 9.40. The van der Waals surface area contributed by atoms with E-state index in [0.717, 1.165) is 12.0 Å². The van der Waals surface area contributed by atoms with Crippen LogP contribution >= 0.6 is 0 Å². The molecule has 4 saturated heterocycles. The summed E-state index contributed by atoms with van der Waals surface area (Å²) in [5.41, 5.74) is 2.95. The van der Waals surface area contributed by atoms with Gasteiger partial charge >= 0.3 is 6.09 Å². The molecule has 6 heterocycles. The van der Waals surface area contributed by atoms with Crippen molar-refractivity contribution in [3.8, 4) is 0 Å². The topological polar surface area (TPSA) is 152 Å². The van der Waals surface area contributed by atoms with E-state index >= 15 is 17.6 Å². The number of hydrogen-bond donors (Lipinski definition) is 3. The third kappa shape index (κ3) is 9.33. The fourth-order valence-electron chi connectivity index (χ4n) is 11.5. The number of aromatic nitrogens is 4. The van der Waals surface area contributed by atoms with Crippen LogP contribution in [0.2, 0.25) is 0 Å². The molecule has 6 aromatic rings. The highest BCUT2D eigenvalue weighted by atomic mass is 19.1. The minimum absolute atomic E-state index is 0.0414. The quantitative estimate of drug-likeness (QED) is 0.102. The van der Waals surface area contributed by atoms with Crippen LogP contribution in [0, 0.1) is 35.1 Å². The molecular weight excluding hydrogens is 931 g/mol. The van der Waals surface area contributed by atoms with E-state index in [1.807, 2.05) is 62.9 Å². The summed E-state index contributed by atoms with van der Waals surface area (Å²) in [4.78, 5) is 62.5. The van der Waals surface area contributed by atoms with Gasteiger partial charge in [0, 0.05) is 61.5 Å². The molecule has 0 saturated carbocycles. The molecule has 3 amide bonds. The highest BCUT2D eigenvalue weighted by Crippen LogP contribution is 2.50. The summed E-state index contributed by atoms with van der Waals surface area (Å²) in [5, 5.41) is 2.66. The molecule has 4 aromatic carbocycles. The Morgan fingerprint density at radius 2 is 1.31 bits per heavy atom. The first-order chi connectivity index (χ1) is 34.7. The average molecular weight is 992 g/mol. The number of methoxy groups -OCH3 is 1. The Bertz CT molecular complexity index is 2980. The Kier molecular flexibility index (Phi) is 13.6. The number of fused-ring (bicyclic) bond motifs is 2. The molecule has 72 heavy (non-hydrogen) atoms. The van der Waals surface area contributed by atoms with E-state index < -0.39 is 59.6 Å². The van der Waals surface area contributed by atoms with E-state index in [4.69, 9.17) is 19.4 Å². The normalized spacial score (nSPS) is 22.0. The van der Waals surface area contributed by atoms with Crippen LogP contribution in [0.25, 0.3) is 22.1 Å². The number of anilines is 2. The van der Waals surface area contributed by atoms with Gasteiger partial charge in [-0.2, -0.15) is 0 Å². The molecule has 18 heteroatoms. The lowest BCUT2D eigenvalue weighted by Crippen LogP contribution is -2.51. The van der Waals surface area contributed by atoms with Crippen molar-refractivity contribution in [2.24, 2.45) is 11.8 Å². The zero-order valence-electron chi connectivity index (χ0n) is 41.2. The van der Waals surface area contributed by atoms with Crippen LogP contribution in [0.15, 0.2) is 66.7 Å². The van der Waals surface area contributed by atoms with Crippen molar-refractivity contribution >= 4 is 51.3 Å². The van der Waals surface area contributed by atoms with E-state index in [1.165, 1.54) is 31.4 Å². The molecule has 0 spiro atoms. The van der Waals surface area contributed by atoms with Gasteiger partial charge in [0.1, 0.15) is 41.1 Å². The molecule has 10 rings (SSSR count). The predicted molar refractivity (Wildman–Crippen MR) is 264 cm³/mol. The SMILES string of the molecule is COC(=O)N[C@H](C(=O)N1CCC[C@H]1c1nc2cc(F)c([C@H]3CC[C@H](c4cc5[nH]c([C@@H]6CCCN6C(=O)CC(C)C)nc5cc4F)N3c3cc(F)c(N4CCO[C@@H](c5ccccc5)C4)c(F)c3)cc2[nH]1)C(C)C. The van der Waals surface area contributed by atoms with Crippen LogP contribution in [0.5, 0.6) is 0 Å². The largest absolute Gasteiger partial charge is 0.453 e. The average Bonchev–Trinajstić information content (AvgIpc) is 4.22. The number of carbonyl (C=O) groups is 3. The van der Waals surface area contributed by atoms with Crippen LogP contribution in [0.1, 0.15) is 131 Å². The number of benzene rings is 4. The molecule has 0 aliphatic carbocycles. The van der Waals surface area contributed by atoms with Gasteiger partial charge in [0.2, 0.25) is 11.8 Å². The third-order valence-corrected chi connectivity index (χ3v) is 14.9. The summed E-state index contributed by atoms with van der Waals surface area (Å²) in [5.74, 6) is -2.14. The van der Waals surface area contributed by atoms with Crippen molar-refractivity contribution in [1.82, 2.24) is 35.1 Å². The van der Waals surface area contributed by atoms with E-state index in [0.29, 0.717) is 78.9 Å². The first-order valence-corrected chi connectivity index (χ1v) is 25.2. The second kappa shape index (κ2) is 20.1. The van der Waals surface area contributed by atoms with Crippen molar-refractivity contribution < 1.29 is 41.4 Å². The van der Waals surface area contributed by atoms with Gasteiger partial charge in [0.25, 0.3) is 0 Å². The minimum atomic E-state index is -0.847. The number of imidazole rings is 2. The highest BCUT2D eigenvalue weighted by molar-refractivity contribution is 5.87. The predicted octanol–water partition coefficient (Wildman–Crippen LogP) is 10.4. The summed E-state index contributed by atoms with van der Waals surface area (Å²) in [7, 11) is 1.24. The minimum Gasteiger partial charge on any atom is -0.453 e. The Morgan fingerprint density at radius 3 is 1.86 bits per heavy atom. The molecule has 14 nitrogen and oxygen atoms in total. The number of halogens is 4. The van der Waals surface area contributed by atoms with Gasteiger partial charge in [0.05, 0.1) is 60.0 Å². The van der Waals surface area contributed by atoms with Crippen molar-refractivity contribution in [2.75, 3.05) is 49.7 Å². The maximum Gasteiger partial charge on any atom is 0.407 e. The fourth-order valence-corrected chi connectivity index (χ4v) is 11.5. The first-order valence-electron chi connectivity index (χ1n) is 25.2. The van der Waals surface area contributed by atoms with Gasteiger partial charge in [-0.05, 0) is 80.2 Å². The second-order valence-electron chi connectivity index (χ2n) is 20.4. The van der Waals surface area contributed by atoms with E-state index in [-0.39, 0.29) is 78.3 Å². The number of alkyl carbamates (subject to hydrolysis) is 1. The van der Waals surface area contributed by atoms with E-state index in [9.17, 15) is 14.4 Å². The molecule has 4 fully saturated rings. The Balaban J connectivity index is 1.01. The van der Waals surface area contributed by atoms with Gasteiger partial charge in [-0.15, -0.1) is 0 Å². The monoisotopic (exact) mass is 991 g/mol. The molecule has 0 radical (unpaired) electrons. The number of H-pyrrole nitrogens is 2. The summed E-state index contributed by atoms with van der Waals surface area (Å²) in [6.07, 6.45) is 2.63. The Labute approximate surface area is 415 Å². The number of carbonyl (C=O) groups excluding carboxylic acids is 3. The molecular formula is C54H61F4N9O5. The van der Waals surface area contributed by atoms with Crippen molar-refractivity contribution in [1.29, 1.82) is 0 Å². The number of nitrogens with one attached hydrogen (secondary N) is 3. The van der Waals surface area contributed by atoms with Gasteiger partial charge in [-0.25, -0.2) is 32.3 Å². The van der Waals surface area contributed by atoms with Crippen LogP contribution in [-0.4, -0.2) is 93.6 Å². The number of nitrogens with zero attached hydrogens (tertiary/aromatic N) is 6. The summed E-state index contributed by atoms with van der Waals surface area (Å²) < 4.78 is 78.2. The Morgan fingerprint density at radius 1 is 0.736 bits per heavy atom. The number of ether oxygens (including phenoxy) is 2. The second-order valence-corrected chi connectivity index (χ2v) is 20.4. The number of likely N-dealkylation sites (tertiary alicyclic amines) is 2. The molecule has 0 unspecified atom stereocenters. The first kappa shape index (κ1) is 48.9. The van der Waals surface area contributed by atoms with Gasteiger partial charge in [-0.3, -0.25) is 9.59 Å². The zero-order chi connectivity index (χ0) is 50.5. The van der Waals surface area contributed by atoms with Gasteiger partial charge < -0.3 is 44.4 Å². The number of morpholine rings is 1. The van der Waals surface area contributed by atoms with Crippen molar-refractivity contribution in [2.45, 2.75) is 109 Å². The lowest BCUT2D eigenvalue weighted by atomic mass is 10.0. The molecule has 3 N–H and O–H groups in total. The number of hydrogen-bond acceptors (Lipinski definition) is 9. The van der Waals surface area contributed by atoms with Crippen LogP contribution < -0.4 is 15.1 Å². The zero-order valence-corrected chi connectivity index (χ0v) is 41.2. The van der Waals surface area contributed by atoms with Gasteiger partial charge in [0.15, 0.2) is 11.6 Å². The third-order valence-electron chi connectivity index (χ3n) is 14.9. The molecule has 380 valence electrons. The highest BCUT2D eigenvalue weighted by Gasteiger charge is 2.42. The summed E-state index contributed by atoms with van der Waals surface area (Å²) >= 11 is 0. The maximum atomic E-state index is 16.9. The maximum absolute atomic E-state index is 16.9. The molecule has 4 aliphatic heterocycles. The number of rotatable bonds is 12. The van der Waals surface area contributed by atoms with E-state index in [2.05, 4.69) is 15.3 Å². The standard InChI is InChI=1S/C54H61F4N9O5/c1-29(2)21-48(68)65-17-9-13-45(65)51-59-39-24-33(35(55)26-41(39)61-51)43-15-16-44(67(43)32-22-37(57)50(38(58)23-32)64-19-20-72-47(28-64)31-11-7-6-8-12-31)34-25-40-42(27-36(34)56)62-52(60-40)46-14-10-18-66(46)53(69)49(30(3)4)63-54(70)71-5/h6-8,11-12,22-27,29-30,43-47,49H,9-10,13-21,28H2,1-5H3,(H,59,61)(H,60,62)(H,63,70)/t43-,44-,45+,46+,47-,49+/m1/s1. The smallest absolute Gasteiger partial charge is 0.407 e. The van der Waals surface area contributed by atoms with E-state index in [1.54, 1.807) is 26.8 Å². The van der Waals surface area contributed by atoms with Crippen molar-refractivity contribution in [3.05, 3.63) is 118 Å². The van der Waals surface area contributed by atoms with Crippen LogP contribution in [0.3, 0.4) is 0 Å². The molecule has 0 bridgehead atoms. The number of amides is 3. The lowest BCUT2D eigenvalue weighted by Gasteiger charge is -2.36. The lowest BCUT2D eigenvalue weighted by molar-refractivity contribution is -0.135. The molecule has 6 atom stereocenters. The summed E-state index contributed by atoms with van der Waals surface area (Å²) in [6, 6.07) is 14.7. The van der Waals surface area contributed by atoms with Crippen LogP contribution in [0.4, 0.5) is 33.7 Å². The molecule has 4 aliphatic rings. The molecule has 2 aromatic heterocycles. The number of aromatic amines is 2.